The summed E-state index contributed by atoms with van der Waals surface area (Å²) in [5.74, 6) is 2.32. The summed E-state index contributed by atoms with van der Waals surface area (Å²) in [6.45, 7) is 0. The standard InChI is InChI=1S/C13H17BN2/c1-15-10-11-16(2)13(15)14-9-8-12-6-4-3-5-7-12/h3-11H,14H2,1-2H3/b9-8-. The molecule has 1 aromatic heterocycles. The van der Waals surface area contributed by atoms with Gasteiger partial charge in [-0.15, -0.1) is 0 Å². The third-order valence-corrected chi connectivity index (χ3v) is 3.12. The summed E-state index contributed by atoms with van der Waals surface area (Å²) >= 11 is 0. The van der Waals surface area contributed by atoms with E-state index in [2.05, 4.69) is 71.9 Å². The topological polar surface area (TPSA) is 8.81 Å². The van der Waals surface area contributed by atoms with E-state index in [9.17, 15) is 0 Å². The highest BCUT2D eigenvalue weighted by Crippen LogP contribution is 1.99. The van der Waals surface area contributed by atoms with E-state index in [1.807, 2.05) is 6.07 Å². The highest BCUT2D eigenvalue weighted by Gasteiger charge is 2.01. The molecule has 2 nitrogen and oxygen atoms in total. The molecule has 0 atom stereocenters. The molecule has 0 spiro atoms. The first kappa shape index (κ1) is 10.7. The van der Waals surface area contributed by atoms with Crippen molar-refractivity contribution in [1.82, 2.24) is 4.57 Å². The van der Waals surface area contributed by atoms with Crippen LogP contribution in [0, 0.1) is 0 Å². The second kappa shape index (κ2) is 4.84. The number of hydrogen-bond donors (Lipinski definition) is 0. The van der Waals surface area contributed by atoms with Gasteiger partial charge in [-0.3, -0.25) is 9.13 Å². The van der Waals surface area contributed by atoms with Crippen LogP contribution in [0.25, 0.3) is 6.08 Å². The van der Waals surface area contributed by atoms with Gasteiger partial charge in [0.05, 0.1) is 19.8 Å². The van der Waals surface area contributed by atoms with Crippen molar-refractivity contribution < 1.29 is 4.57 Å². The van der Waals surface area contributed by atoms with E-state index in [1.165, 1.54) is 11.3 Å². The van der Waals surface area contributed by atoms with Gasteiger partial charge in [-0.1, -0.05) is 36.4 Å². The summed E-state index contributed by atoms with van der Waals surface area (Å²) < 4.78 is 4.41. The van der Waals surface area contributed by atoms with Crippen LogP contribution in [0.2, 0.25) is 0 Å². The Morgan fingerprint density at radius 2 is 2.00 bits per heavy atom. The molecule has 0 saturated carbocycles. The number of imidazole rings is 1. The quantitative estimate of drug-likeness (QED) is 0.511. The third-order valence-electron chi connectivity index (χ3n) is 3.12. The highest BCUT2D eigenvalue weighted by atomic mass is 15.1. The Morgan fingerprint density at radius 1 is 1.25 bits per heavy atom. The van der Waals surface area contributed by atoms with Crippen LogP contribution in [0.5, 0.6) is 0 Å². The smallest absolute Gasteiger partial charge is 0.126 e. The van der Waals surface area contributed by atoms with E-state index in [1.54, 1.807) is 0 Å². The van der Waals surface area contributed by atoms with Crippen LogP contribution in [-0.2, 0) is 14.1 Å². The minimum absolute atomic E-state index is 0.198. The van der Waals surface area contributed by atoms with Crippen LogP contribution in [0.1, 0.15) is 5.56 Å². The van der Waals surface area contributed by atoms with Crippen LogP contribution in [0.3, 0.4) is 0 Å². The maximum atomic E-state index is 2.32. The first-order valence-corrected chi connectivity index (χ1v) is 5.80. The van der Waals surface area contributed by atoms with Gasteiger partial charge in [0.2, 0.25) is 0 Å². The van der Waals surface area contributed by atoms with Gasteiger partial charge < -0.3 is 0 Å². The van der Waals surface area contributed by atoms with Crippen LogP contribution in [-0.4, -0.2) is 11.8 Å². The SMILES string of the molecule is Cn1cc[n+](C)c1[BH2-]/C=C\c1ccccc1. The second-order valence-corrected chi connectivity index (χ2v) is 4.27. The van der Waals surface area contributed by atoms with Gasteiger partial charge in [-0.2, -0.15) is 0 Å². The molecular formula is C13H17BN2. The Kier molecular flexibility index (Phi) is 3.25. The Morgan fingerprint density at radius 3 is 2.62 bits per heavy atom. The van der Waals surface area contributed by atoms with Crippen molar-refractivity contribution in [3.05, 3.63) is 54.3 Å². The highest BCUT2D eigenvalue weighted by molar-refractivity contribution is 6.56. The molecule has 0 fully saturated rings. The molecule has 0 unspecified atom stereocenters. The van der Waals surface area contributed by atoms with Gasteiger partial charge in [-0.25, -0.2) is 5.98 Å². The van der Waals surface area contributed by atoms with Crippen molar-refractivity contribution in [2.24, 2.45) is 14.1 Å². The summed E-state index contributed by atoms with van der Waals surface area (Å²) in [5, 5.41) is 0. The summed E-state index contributed by atoms with van der Waals surface area (Å²) in [6.07, 6.45) is 6.43. The molecule has 16 heavy (non-hydrogen) atoms. The molecule has 0 amide bonds. The molecule has 1 heterocycles. The molecule has 0 aliphatic carbocycles. The lowest BCUT2D eigenvalue weighted by atomic mass is 9.76. The number of rotatable bonds is 3. The number of hydrogen-bond acceptors (Lipinski definition) is 0. The first-order valence-electron chi connectivity index (χ1n) is 5.80. The molecule has 2 rings (SSSR count). The lowest BCUT2D eigenvalue weighted by Crippen LogP contribution is -2.49. The zero-order valence-electron chi connectivity index (χ0n) is 10.1. The lowest BCUT2D eigenvalue weighted by Gasteiger charge is -2.00. The summed E-state index contributed by atoms with van der Waals surface area (Å²) in [4.78, 5) is 0. The fourth-order valence-electron chi connectivity index (χ4n) is 2.06. The molecule has 0 N–H and O–H groups in total. The van der Waals surface area contributed by atoms with Gasteiger partial charge in [-0.05, 0) is 5.56 Å². The second-order valence-electron chi connectivity index (χ2n) is 4.27. The predicted octanol–water partition coefficient (Wildman–Crippen LogP) is 0.315. The normalized spacial score (nSPS) is 11.1. The predicted molar refractivity (Wildman–Crippen MR) is 70.2 cm³/mol. The fraction of sp³-hybridized carbons (Fsp3) is 0.154. The van der Waals surface area contributed by atoms with Crippen molar-refractivity contribution in [3.8, 4) is 0 Å². The summed E-state index contributed by atoms with van der Waals surface area (Å²) in [6, 6.07) is 10.5. The first-order chi connectivity index (χ1) is 7.77. The molecule has 0 aliphatic heterocycles. The van der Waals surface area contributed by atoms with E-state index in [4.69, 9.17) is 0 Å². The van der Waals surface area contributed by atoms with Gasteiger partial charge in [0.15, 0.2) is 0 Å². The van der Waals surface area contributed by atoms with Crippen molar-refractivity contribution >= 4 is 19.1 Å². The zero-order valence-corrected chi connectivity index (χ0v) is 10.1. The van der Waals surface area contributed by atoms with E-state index in [-0.39, 0.29) is 7.28 Å². The van der Waals surface area contributed by atoms with Crippen molar-refractivity contribution in [2.75, 3.05) is 0 Å². The number of aromatic nitrogens is 2. The van der Waals surface area contributed by atoms with E-state index in [0.717, 1.165) is 0 Å². The number of nitrogens with zero attached hydrogens (tertiary/aromatic N) is 2. The van der Waals surface area contributed by atoms with Crippen molar-refractivity contribution in [1.29, 1.82) is 0 Å². The van der Waals surface area contributed by atoms with Gasteiger partial charge in [0.1, 0.15) is 19.7 Å². The average molecular weight is 212 g/mol. The van der Waals surface area contributed by atoms with E-state index < -0.39 is 0 Å². The Hall–Kier alpha value is -1.77. The Balaban J connectivity index is 2.06. The number of benzene rings is 1. The molecule has 0 aliphatic rings. The maximum absolute atomic E-state index is 2.32. The van der Waals surface area contributed by atoms with E-state index in [0.29, 0.717) is 0 Å². The van der Waals surface area contributed by atoms with Crippen LogP contribution >= 0.6 is 0 Å². The van der Waals surface area contributed by atoms with Crippen molar-refractivity contribution in [2.45, 2.75) is 0 Å². The van der Waals surface area contributed by atoms with E-state index >= 15 is 0 Å². The molecular weight excluding hydrogens is 195 g/mol. The van der Waals surface area contributed by atoms with Gasteiger partial charge in [0.25, 0.3) is 0 Å². The van der Waals surface area contributed by atoms with Gasteiger partial charge in [0, 0.05) is 0 Å². The largest absolute Gasteiger partial charge is 0.274 e. The molecule has 2 aromatic rings. The summed E-state index contributed by atoms with van der Waals surface area (Å²) in [5.41, 5.74) is 2.70. The summed E-state index contributed by atoms with van der Waals surface area (Å²) in [7, 11) is 4.02. The molecule has 0 radical (unpaired) electrons. The minimum atomic E-state index is -0.198. The molecule has 82 valence electrons. The Labute approximate surface area is 97.1 Å². The minimum Gasteiger partial charge on any atom is -0.274 e. The van der Waals surface area contributed by atoms with Crippen LogP contribution in [0.15, 0.2) is 48.7 Å². The fourth-order valence-corrected chi connectivity index (χ4v) is 2.06. The van der Waals surface area contributed by atoms with Gasteiger partial charge >= 0.3 is 0 Å². The molecule has 1 aromatic carbocycles. The van der Waals surface area contributed by atoms with Crippen LogP contribution in [0.4, 0.5) is 0 Å². The average Bonchev–Trinajstić information content (AvgIpc) is 2.62. The molecule has 0 bridgehead atoms. The Bertz CT molecular complexity index is 466. The zero-order chi connectivity index (χ0) is 11.4. The lowest BCUT2D eigenvalue weighted by molar-refractivity contribution is -0.652. The van der Waals surface area contributed by atoms with Crippen LogP contribution < -0.4 is 10.3 Å². The third kappa shape index (κ3) is 2.43. The van der Waals surface area contributed by atoms with Crippen molar-refractivity contribution in [3.63, 3.8) is 0 Å². The molecule has 0 saturated heterocycles. The monoisotopic (exact) mass is 212 g/mol. The molecule has 3 heteroatoms. The maximum Gasteiger partial charge on any atom is 0.126 e. The number of aryl methyl sites for hydroxylation is 2.